The Morgan fingerprint density at radius 1 is 1.31 bits per heavy atom. The number of hydrogen-bond acceptors (Lipinski definition) is 5. The van der Waals surface area contributed by atoms with Crippen LogP contribution in [-0.4, -0.2) is 30.5 Å². The van der Waals surface area contributed by atoms with Crippen LogP contribution in [0.2, 0.25) is 5.02 Å². The Morgan fingerprint density at radius 3 is 2.79 bits per heavy atom. The van der Waals surface area contributed by atoms with Gasteiger partial charge in [0, 0.05) is 17.6 Å². The van der Waals surface area contributed by atoms with Gasteiger partial charge in [-0.25, -0.2) is 4.68 Å². The Hall–Kier alpha value is -3.17. The number of carbonyl (C=O) groups is 1. The first kappa shape index (κ1) is 19.2. The predicted molar refractivity (Wildman–Crippen MR) is 111 cm³/mol. The number of nitrogens with zero attached hydrogens (tertiary/aromatic N) is 4. The van der Waals surface area contributed by atoms with E-state index in [2.05, 4.69) is 20.6 Å². The number of furan rings is 1. The van der Waals surface area contributed by atoms with E-state index in [4.69, 9.17) is 28.2 Å². The molecule has 4 aromatic rings. The molecule has 0 fully saturated rings. The first-order valence-corrected chi connectivity index (χ1v) is 9.67. The van der Waals surface area contributed by atoms with Gasteiger partial charge in [0.2, 0.25) is 0 Å². The van der Waals surface area contributed by atoms with Crippen LogP contribution in [0.1, 0.15) is 23.2 Å². The average molecular weight is 429 g/mol. The van der Waals surface area contributed by atoms with Crippen LogP contribution in [0.5, 0.6) is 0 Å². The van der Waals surface area contributed by atoms with Gasteiger partial charge in [0.1, 0.15) is 5.69 Å². The van der Waals surface area contributed by atoms with Crippen molar-refractivity contribution in [2.45, 2.75) is 20.0 Å². The largest absolute Gasteiger partial charge is 0.463 e. The van der Waals surface area contributed by atoms with E-state index < -0.39 is 0 Å². The van der Waals surface area contributed by atoms with Crippen molar-refractivity contribution in [1.82, 2.24) is 29.9 Å². The van der Waals surface area contributed by atoms with Gasteiger partial charge in [-0.3, -0.25) is 9.89 Å². The third-order valence-corrected chi connectivity index (χ3v) is 4.91. The highest BCUT2D eigenvalue weighted by Gasteiger charge is 2.19. The fourth-order valence-corrected chi connectivity index (χ4v) is 3.34. The Kier molecular flexibility index (Phi) is 5.32. The molecule has 8 nitrogen and oxygen atoms in total. The van der Waals surface area contributed by atoms with Crippen LogP contribution in [0, 0.1) is 4.77 Å². The highest BCUT2D eigenvalue weighted by atomic mass is 35.5. The van der Waals surface area contributed by atoms with Gasteiger partial charge in [-0.05, 0) is 55.5 Å². The van der Waals surface area contributed by atoms with E-state index in [1.807, 2.05) is 29.7 Å². The summed E-state index contributed by atoms with van der Waals surface area (Å²) in [7, 11) is 0. The lowest BCUT2D eigenvalue weighted by atomic mass is 10.2. The van der Waals surface area contributed by atoms with Crippen molar-refractivity contribution in [2.75, 3.05) is 0 Å². The standard InChI is InChI=1S/C19H17ClN6O2S/c1-2-25-17(22-23-19(25)29)11-21-18(27)14-10-15(16-4-3-9-28-16)26(24-14)13-7-5-12(20)6-8-13/h3-10H,2,11H2,1H3,(H,21,27)(H,23,29). The molecule has 0 aliphatic heterocycles. The summed E-state index contributed by atoms with van der Waals surface area (Å²) in [5, 5.41) is 14.8. The normalized spacial score (nSPS) is 11.0. The molecule has 0 aliphatic carbocycles. The summed E-state index contributed by atoms with van der Waals surface area (Å²) < 4.78 is 9.49. The molecule has 0 radical (unpaired) electrons. The number of rotatable bonds is 6. The molecule has 29 heavy (non-hydrogen) atoms. The topological polar surface area (TPSA) is 93.7 Å². The molecule has 3 aromatic heterocycles. The molecule has 10 heteroatoms. The van der Waals surface area contributed by atoms with Crippen LogP contribution in [0.4, 0.5) is 0 Å². The van der Waals surface area contributed by atoms with E-state index in [0.29, 0.717) is 33.6 Å². The zero-order chi connectivity index (χ0) is 20.4. The van der Waals surface area contributed by atoms with Gasteiger partial charge in [0.15, 0.2) is 22.0 Å². The highest BCUT2D eigenvalue weighted by Crippen LogP contribution is 2.25. The minimum Gasteiger partial charge on any atom is -0.463 e. The summed E-state index contributed by atoms with van der Waals surface area (Å²) >= 11 is 11.2. The third-order valence-electron chi connectivity index (χ3n) is 4.35. The second-order valence-corrected chi connectivity index (χ2v) is 6.98. The van der Waals surface area contributed by atoms with Gasteiger partial charge in [-0.15, -0.1) is 0 Å². The van der Waals surface area contributed by atoms with Gasteiger partial charge in [0.05, 0.1) is 18.5 Å². The molecule has 0 bridgehead atoms. The minimum atomic E-state index is -0.331. The molecule has 1 aromatic carbocycles. The first-order valence-electron chi connectivity index (χ1n) is 8.89. The molecule has 4 rings (SSSR count). The van der Waals surface area contributed by atoms with E-state index in [9.17, 15) is 4.79 Å². The summed E-state index contributed by atoms with van der Waals surface area (Å²) in [6.45, 7) is 2.85. The molecule has 2 N–H and O–H groups in total. The highest BCUT2D eigenvalue weighted by molar-refractivity contribution is 7.71. The number of amides is 1. The quantitative estimate of drug-likeness (QED) is 0.453. The molecule has 0 spiro atoms. The van der Waals surface area contributed by atoms with Crippen LogP contribution < -0.4 is 5.32 Å². The minimum absolute atomic E-state index is 0.226. The van der Waals surface area contributed by atoms with Crippen LogP contribution in [-0.2, 0) is 13.1 Å². The predicted octanol–water partition coefficient (Wildman–Crippen LogP) is 3.99. The molecule has 0 aliphatic rings. The van der Waals surface area contributed by atoms with Crippen molar-refractivity contribution in [1.29, 1.82) is 0 Å². The van der Waals surface area contributed by atoms with Crippen molar-refractivity contribution in [3.8, 4) is 17.1 Å². The van der Waals surface area contributed by atoms with Crippen LogP contribution in [0.3, 0.4) is 0 Å². The average Bonchev–Trinajstić information content (AvgIpc) is 3.46. The fraction of sp³-hybridized carbons (Fsp3) is 0.158. The molecule has 3 heterocycles. The number of carbonyl (C=O) groups excluding carboxylic acids is 1. The van der Waals surface area contributed by atoms with Crippen molar-refractivity contribution in [3.05, 3.63) is 70.0 Å². The third kappa shape index (κ3) is 3.87. The maximum absolute atomic E-state index is 12.7. The van der Waals surface area contributed by atoms with Crippen LogP contribution in [0.15, 0.2) is 53.1 Å². The summed E-state index contributed by atoms with van der Waals surface area (Å²) in [6, 6.07) is 12.4. The fourth-order valence-electron chi connectivity index (χ4n) is 2.93. The molecule has 0 saturated heterocycles. The van der Waals surface area contributed by atoms with Gasteiger partial charge in [-0.1, -0.05) is 11.6 Å². The molecule has 0 unspecified atom stereocenters. The lowest BCUT2D eigenvalue weighted by Gasteiger charge is -2.06. The molecule has 148 valence electrons. The lowest BCUT2D eigenvalue weighted by Crippen LogP contribution is -2.25. The lowest BCUT2D eigenvalue weighted by molar-refractivity contribution is 0.0944. The Morgan fingerprint density at radius 2 is 2.10 bits per heavy atom. The zero-order valence-corrected chi connectivity index (χ0v) is 17.0. The number of halogens is 1. The van der Waals surface area contributed by atoms with E-state index in [1.165, 1.54) is 0 Å². The number of aromatic nitrogens is 5. The van der Waals surface area contributed by atoms with Crippen molar-refractivity contribution < 1.29 is 9.21 Å². The number of hydrogen-bond donors (Lipinski definition) is 2. The molecule has 1 amide bonds. The second kappa shape index (κ2) is 8.06. The smallest absolute Gasteiger partial charge is 0.272 e. The van der Waals surface area contributed by atoms with Gasteiger partial charge >= 0.3 is 0 Å². The number of aromatic amines is 1. The van der Waals surface area contributed by atoms with Gasteiger partial charge in [-0.2, -0.15) is 10.2 Å². The SMILES string of the molecule is CCn1c(CNC(=O)c2cc(-c3ccco3)n(-c3ccc(Cl)cc3)n2)n[nH]c1=S. The van der Waals surface area contributed by atoms with Gasteiger partial charge in [0.25, 0.3) is 5.91 Å². The van der Waals surface area contributed by atoms with E-state index in [-0.39, 0.29) is 18.1 Å². The second-order valence-electron chi connectivity index (χ2n) is 6.15. The molecule has 0 atom stereocenters. The Balaban J connectivity index is 1.63. The molecular weight excluding hydrogens is 412 g/mol. The van der Waals surface area contributed by atoms with E-state index in [0.717, 1.165) is 5.69 Å². The van der Waals surface area contributed by atoms with Crippen molar-refractivity contribution in [3.63, 3.8) is 0 Å². The number of nitrogens with one attached hydrogen (secondary N) is 2. The van der Waals surface area contributed by atoms with Crippen LogP contribution in [0.25, 0.3) is 17.1 Å². The van der Waals surface area contributed by atoms with Crippen molar-refractivity contribution in [2.24, 2.45) is 0 Å². The molecule has 0 saturated carbocycles. The summed E-state index contributed by atoms with van der Waals surface area (Å²) in [6.07, 6.45) is 1.57. The van der Waals surface area contributed by atoms with Gasteiger partial charge < -0.3 is 14.3 Å². The number of benzene rings is 1. The maximum Gasteiger partial charge on any atom is 0.272 e. The first-order chi connectivity index (χ1) is 14.1. The van der Waals surface area contributed by atoms with E-state index in [1.54, 1.807) is 35.2 Å². The number of H-pyrrole nitrogens is 1. The zero-order valence-electron chi connectivity index (χ0n) is 15.4. The van der Waals surface area contributed by atoms with Crippen LogP contribution >= 0.6 is 23.8 Å². The Labute approximate surface area is 176 Å². The Bertz CT molecular complexity index is 1190. The summed E-state index contributed by atoms with van der Waals surface area (Å²) in [5.74, 6) is 0.912. The maximum atomic E-state index is 12.7. The summed E-state index contributed by atoms with van der Waals surface area (Å²) in [5.41, 5.74) is 1.66. The van der Waals surface area contributed by atoms with Crippen molar-refractivity contribution >= 4 is 29.7 Å². The summed E-state index contributed by atoms with van der Waals surface area (Å²) in [4.78, 5) is 12.7. The van der Waals surface area contributed by atoms with E-state index >= 15 is 0 Å². The molecular formula is C19H17ClN6O2S. The monoisotopic (exact) mass is 428 g/mol.